The lowest BCUT2D eigenvalue weighted by Crippen LogP contribution is -2.47. The van der Waals surface area contributed by atoms with Crippen molar-refractivity contribution in [3.63, 3.8) is 0 Å². The van der Waals surface area contributed by atoms with E-state index in [0.29, 0.717) is 23.1 Å². The van der Waals surface area contributed by atoms with Gasteiger partial charge in [-0.1, -0.05) is 39.3 Å². The van der Waals surface area contributed by atoms with Crippen molar-refractivity contribution in [2.45, 2.75) is 45.6 Å². The van der Waals surface area contributed by atoms with Gasteiger partial charge in [0.2, 0.25) is 5.91 Å². The normalized spacial score (nSPS) is 11.8. The van der Waals surface area contributed by atoms with Crippen LogP contribution in [0.1, 0.15) is 34.6 Å². The van der Waals surface area contributed by atoms with Gasteiger partial charge in [0.1, 0.15) is 12.3 Å². The summed E-state index contributed by atoms with van der Waals surface area (Å²) < 4.78 is 33.4. The molecule has 0 unspecified atom stereocenters. The van der Waals surface area contributed by atoms with E-state index < -0.39 is 10.0 Å². The molecule has 2 aromatic carbocycles. The highest BCUT2D eigenvalue weighted by Crippen LogP contribution is 2.26. The first kappa shape index (κ1) is 25.0. The molecule has 0 bridgehead atoms. The van der Waals surface area contributed by atoms with E-state index in [4.69, 9.17) is 16.3 Å². The topological polar surface area (TPSA) is 75.7 Å². The summed E-state index contributed by atoms with van der Waals surface area (Å²) in [5.74, 6) is 0.699. The van der Waals surface area contributed by atoms with Gasteiger partial charge >= 0.3 is 0 Å². The van der Waals surface area contributed by atoms with Crippen LogP contribution in [0.3, 0.4) is 0 Å². The number of amides is 1. The van der Waals surface area contributed by atoms with Gasteiger partial charge in [0, 0.05) is 11.1 Å². The molecule has 0 saturated carbocycles. The lowest BCUT2D eigenvalue weighted by molar-refractivity contribution is -0.121. The molecule has 8 heteroatoms. The van der Waals surface area contributed by atoms with Crippen LogP contribution in [-0.2, 0) is 14.8 Å². The third-order valence-corrected chi connectivity index (χ3v) is 6.93. The molecule has 0 aromatic heterocycles. The van der Waals surface area contributed by atoms with E-state index in [0.717, 1.165) is 4.31 Å². The van der Waals surface area contributed by atoms with E-state index in [9.17, 15) is 13.2 Å². The molecule has 0 saturated heterocycles. The van der Waals surface area contributed by atoms with Crippen LogP contribution in [-0.4, -0.2) is 33.5 Å². The van der Waals surface area contributed by atoms with Crippen molar-refractivity contribution in [1.82, 2.24) is 5.32 Å². The van der Waals surface area contributed by atoms with Crippen molar-refractivity contribution in [2.75, 3.05) is 17.5 Å². The fourth-order valence-electron chi connectivity index (χ4n) is 3.39. The lowest BCUT2D eigenvalue weighted by atomic mass is 9.93. The van der Waals surface area contributed by atoms with Gasteiger partial charge in [-0.25, -0.2) is 8.42 Å². The minimum Gasteiger partial charge on any atom is -0.494 e. The van der Waals surface area contributed by atoms with Gasteiger partial charge in [0.25, 0.3) is 10.0 Å². The predicted molar refractivity (Wildman–Crippen MR) is 125 cm³/mol. The first-order chi connectivity index (χ1) is 14.6. The number of sulfonamides is 1. The number of halogens is 1. The standard InChI is InChI=1S/C23H31ClN2O4S/c1-6-30-20-11-9-19(10-12-20)26(15-22(27)25-23(16(2)3)17(4)5)31(28,29)21-13-7-18(24)8-14-21/h7-14,16-17,23H,6,15H2,1-5H3,(H,25,27). The number of benzene rings is 2. The largest absolute Gasteiger partial charge is 0.494 e. The van der Waals surface area contributed by atoms with Crippen LogP contribution in [0.15, 0.2) is 53.4 Å². The second-order valence-corrected chi connectivity index (χ2v) is 10.3. The average Bonchev–Trinajstić information content (AvgIpc) is 2.71. The van der Waals surface area contributed by atoms with E-state index in [1.807, 2.05) is 34.6 Å². The van der Waals surface area contributed by atoms with Gasteiger partial charge < -0.3 is 10.1 Å². The van der Waals surface area contributed by atoms with Crippen LogP contribution in [0, 0.1) is 11.8 Å². The van der Waals surface area contributed by atoms with Crippen molar-refractivity contribution in [2.24, 2.45) is 11.8 Å². The maximum atomic E-state index is 13.4. The molecule has 0 aliphatic rings. The molecule has 0 spiro atoms. The third kappa shape index (κ3) is 6.61. The van der Waals surface area contributed by atoms with Crippen molar-refractivity contribution in [1.29, 1.82) is 0 Å². The van der Waals surface area contributed by atoms with Crippen molar-refractivity contribution in [3.8, 4) is 5.75 Å². The van der Waals surface area contributed by atoms with Crippen LogP contribution in [0.2, 0.25) is 5.02 Å². The van der Waals surface area contributed by atoms with Crippen LogP contribution in [0.4, 0.5) is 5.69 Å². The first-order valence-corrected chi connectivity index (χ1v) is 12.2. The van der Waals surface area contributed by atoms with Crippen molar-refractivity contribution < 1.29 is 17.9 Å². The molecule has 1 amide bonds. The Bertz CT molecular complexity index is 950. The highest BCUT2D eigenvalue weighted by atomic mass is 35.5. The number of rotatable bonds is 10. The quantitative estimate of drug-likeness (QED) is 0.549. The Morgan fingerprint density at radius 3 is 2.03 bits per heavy atom. The van der Waals surface area contributed by atoms with Crippen LogP contribution in [0.5, 0.6) is 5.75 Å². The first-order valence-electron chi connectivity index (χ1n) is 10.4. The number of hydrogen-bond donors (Lipinski definition) is 1. The molecule has 2 rings (SSSR count). The summed E-state index contributed by atoms with van der Waals surface area (Å²) in [5.41, 5.74) is 0.374. The summed E-state index contributed by atoms with van der Waals surface area (Å²) >= 11 is 5.92. The zero-order valence-electron chi connectivity index (χ0n) is 18.6. The highest BCUT2D eigenvalue weighted by Gasteiger charge is 2.29. The Kier molecular flexibility index (Phi) is 8.77. The van der Waals surface area contributed by atoms with Gasteiger partial charge in [0.15, 0.2) is 0 Å². The number of hydrogen-bond acceptors (Lipinski definition) is 4. The number of nitrogens with zero attached hydrogens (tertiary/aromatic N) is 1. The smallest absolute Gasteiger partial charge is 0.264 e. The maximum Gasteiger partial charge on any atom is 0.264 e. The van der Waals surface area contributed by atoms with Gasteiger partial charge in [-0.05, 0) is 67.3 Å². The van der Waals surface area contributed by atoms with E-state index in [1.165, 1.54) is 24.3 Å². The van der Waals surface area contributed by atoms with E-state index in [-0.39, 0.29) is 35.2 Å². The van der Waals surface area contributed by atoms with Crippen LogP contribution >= 0.6 is 11.6 Å². The number of carbonyl (C=O) groups is 1. The molecule has 31 heavy (non-hydrogen) atoms. The Labute approximate surface area is 190 Å². The summed E-state index contributed by atoms with van der Waals surface area (Å²) in [4.78, 5) is 12.9. The average molecular weight is 467 g/mol. The Morgan fingerprint density at radius 1 is 1.00 bits per heavy atom. The second kappa shape index (κ2) is 10.9. The minimum atomic E-state index is -3.99. The molecule has 1 N–H and O–H groups in total. The molecule has 0 aliphatic carbocycles. The SMILES string of the molecule is CCOc1ccc(N(CC(=O)NC(C(C)C)C(C)C)S(=O)(=O)c2ccc(Cl)cc2)cc1. The molecule has 0 aliphatic heterocycles. The lowest BCUT2D eigenvalue weighted by Gasteiger charge is -2.29. The third-order valence-electron chi connectivity index (χ3n) is 4.89. The van der Waals surface area contributed by atoms with Gasteiger partial charge in [-0.2, -0.15) is 0 Å². The molecule has 0 heterocycles. The zero-order chi connectivity index (χ0) is 23.2. The fourth-order valence-corrected chi connectivity index (χ4v) is 4.94. The highest BCUT2D eigenvalue weighted by molar-refractivity contribution is 7.92. The van der Waals surface area contributed by atoms with Gasteiger partial charge in [-0.3, -0.25) is 9.10 Å². The summed E-state index contributed by atoms with van der Waals surface area (Å²) in [6.45, 7) is 10.1. The number of anilines is 1. The van der Waals surface area contributed by atoms with Crippen molar-refractivity contribution in [3.05, 3.63) is 53.6 Å². The van der Waals surface area contributed by atoms with E-state index in [2.05, 4.69) is 5.32 Å². The van der Waals surface area contributed by atoms with Crippen LogP contribution < -0.4 is 14.4 Å². The minimum absolute atomic E-state index is 0.0582. The Balaban J connectivity index is 2.40. The predicted octanol–water partition coefficient (Wildman–Crippen LogP) is 4.73. The number of carbonyl (C=O) groups excluding carboxylic acids is 1. The fraction of sp³-hybridized carbons (Fsp3) is 0.435. The zero-order valence-corrected chi connectivity index (χ0v) is 20.2. The van der Waals surface area contributed by atoms with Crippen molar-refractivity contribution >= 4 is 33.2 Å². The molecule has 6 nitrogen and oxygen atoms in total. The van der Waals surface area contributed by atoms with Gasteiger partial charge in [-0.15, -0.1) is 0 Å². The summed E-state index contributed by atoms with van der Waals surface area (Å²) in [6, 6.07) is 12.5. The van der Waals surface area contributed by atoms with E-state index >= 15 is 0 Å². The molecule has 170 valence electrons. The molecule has 2 aromatic rings. The number of nitrogens with one attached hydrogen (secondary N) is 1. The molecule has 0 fully saturated rings. The second-order valence-electron chi connectivity index (χ2n) is 7.97. The molecular weight excluding hydrogens is 436 g/mol. The van der Waals surface area contributed by atoms with E-state index in [1.54, 1.807) is 24.3 Å². The number of ether oxygens (including phenoxy) is 1. The maximum absolute atomic E-state index is 13.4. The Morgan fingerprint density at radius 2 is 1.55 bits per heavy atom. The Hall–Kier alpha value is -2.25. The summed E-state index contributed by atoms with van der Waals surface area (Å²) in [5, 5.41) is 3.42. The summed E-state index contributed by atoms with van der Waals surface area (Å²) in [7, 11) is -3.99. The molecule has 0 radical (unpaired) electrons. The van der Waals surface area contributed by atoms with Crippen LogP contribution in [0.25, 0.3) is 0 Å². The molecule has 0 atom stereocenters. The summed E-state index contributed by atoms with van der Waals surface area (Å²) in [6.07, 6.45) is 0. The monoisotopic (exact) mass is 466 g/mol. The molecular formula is C23H31ClN2O4S. The van der Waals surface area contributed by atoms with Gasteiger partial charge in [0.05, 0.1) is 17.2 Å².